The summed E-state index contributed by atoms with van der Waals surface area (Å²) in [5.74, 6) is 0.609. The summed E-state index contributed by atoms with van der Waals surface area (Å²) in [6, 6.07) is 8.92. The highest BCUT2D eigenvalue weighted by Gasteiger charge is 2.27. The van der Waals surface area contributed by atoms with Gasteiger partial charge in [-0.15, -0.1) is 0 Å². The number of unbranched alkanes of at least 4 members (excludes halogenated alkanes) is 1. The predicted octanol–water partition coefficient (Wildman–Crippen LogP) is 3.25. The summed E-state index contributed by atoms with van der Waals surface area (Å²) < 4.78 is 5.60. The van der Waals surface area contributed by atoms with E-state index in [2.05, 4.69) is 6.92 Å². The molecule has 1 aromatic rings. The van der Waals surface area contributed by atoms with Gasteiger partial charge in [0.15, 0.2) is 5.78 Å². The monoisotopic (exact) mass is 266 g/mol. The Hall–Kier alpha value is -2.59. The fourth-order valence-corrected chi connectivity index (χ4v) is 2.17. The lowest BCUT2D eigenvalue weighted by molar-refractivity contribution is 0.100. The van der Waals surface area contributed by atoms with E-state index in [0.29, 0.717) is 29.1 Å². The van der Waals surface area contributed by atoms with E-state index in [1.54, 1.807) is 18.2 Å². The molecule has 0 atom stereocenters. The number of nitriles is 2. The summed E-state index contributed by atoms with van der Waals surface area (Å²) in [6.45, 7) is 2.70. The van der Waals surface area contributed by atoms with Gasteiger partial charge in [0.05, 0.1) is 6.61 Å². The van der Waals surface area contributed by atoms with Gasteiger partial charge in [-0.2, -0.15) is 10.5 Å². The number of Topliss-reactive ketones (excluding diaryl/α,β-unsaturated/α-hetero) is 1. The lowest BCUT2D eigenvalue weighted by Crippen LogP contribution is -1.98. The molecule has 4 nitrogen and oxygen atoms in total. The van der Waals surface area contributed by atoms with Crippen molar-refractivity contribution in [1.82, 2.24) is 0 Å². The molecule has 0 heterocycles. The third-order valence-corrected chi connectivity index (χ3v) is 3.25. The Kier molecular flexibility index (Phi) is 4.17. The first-order chi connectivity index (χ1) is 9.71. The van der Waals surface area contributed by atoms with E-state index in [4.69, 9.17) is 15.3 Å². The minimum atomic E-state index is -0.0573. The van der Waals surface area contributed by atoms with Gasteiger partial charge in [-0.1, -0.05) is 13.3 Å². The molecule has 100 valence electrons. The van der Waals surface area contributed by atoms with Crippen molar-refractivity contribution in [3.63, 3.8) is 0 Å². The molecule has 0 saturated heterocycles. The molecule has 4 heteroatoms. The molecule has 0 radical (unpaired) electrons. The number of hydrogen-bond acceptors (Lipinski definition) is 4. The average Bonchev–Trinajstić information content (AvgIpc) is 2.78. The van der Waals surface area contributed by atoms with Crippen molar-refractivity contribution in [2.24, 2.45) is 0 Å². The van der Waals surface area contributed by atoms with Crippen LogP contribution in [0.5, 0.6) is 5.75 Å². The minimum absolute atomic E-state index is 0.00260. The number of carbonyl (C=O) groups excluding carboxylic acids is 1. The molecule has 1 aliphatic carbocycles. The van der Waals surface area contributed by atoms with Crippen LogP contribution in [-0.2, 0) is 0 Å². The summed E-state index contributed by atoms with van der Waals surface area (Å²) in [6.07, 6.45) is 2.12. The number of carbonyl (C=O) groups is 1. The van der Waals surface area contributed by atoms with E-state index >= 15 is 0 Å². The number of benzene rings is 1. The normalized spacial score (nSPS) is 12.6. The van der Waals surface area contributed by atoms with Gasteiger partial charge < -0.3 is 4.74 Å². The molecule has 0 unspecified atom stereocenters. The Morgan fingerprint density at radius 1 is 1.30 bits per heavy atom. The average molecular weight is 266 g/mol. The second-order valence-corrected chi connectivity index (χ2v) is 4.59. The van der Waals surface area contributed by atoms with Crippen molar-refractivity contribution in [1.29, 1.82) is 10.5 Å². The summed E-state index contributed by atoms with van der Waals surface area (Å²) >= 11 is 0. The molecule has 0 fully saturated rings. The Balaban J connectivity index is 2.39. The molecule has 2 rings (SSSR count). The number of ketones is 1. The van der Waals surface area contributed by atoms with Crippen LogP contribution in [-0.4, -0.2) is 12.4 Å². The first-order valence-corrected chi connectivity index (χ1v) is 6.55. The highest BCUT2D eigenvalue weighted by Crippen LogP contribution is 2.36. The second kappa shape index (κ2) is 6.04. The summed E-state index contributed by atoms with van der Waals surface area (Å²) in [7, 11) is 0. The highest BCUT2D eigenvalue weighted by atomic mass is 16.5. The van der Waals surface area contributed by atoms with Gasteiger partial charge in [0.1, 0.15) is 23.5 Å². The Morgan fingerprint density at radius 3 is 2.70 bits per heavy atom. The molecule has 0 aliphatic heterocycles. The van der Waals surface area contributed by atoms with Crippen LogP contribution in [0.15, 0.2) is 23.8 Å². The number of hydrogen-bond donors (Lipinski definition) is 0. The van der Waals surface area contributed by atoms with Crippen LogP contribution in [0, 0.1) is 22.7 Å². The topological polar surface area (TPSA) is 73.9 Å². The zero-order chi connectivity index (χ0) is 14.5. The van der Waals surface area contributed by atoms with Crippen LogP contribution in [0.2, 0.25) is 0 Å². The molecule has 0 bridgehead atoms. The predicted molar refractivity (Wildman–Crippen MR) is 73.9 cm³/mol. The molecule has 20 heavy (non-hydrogen) atoms. The maximum Gasteiger partial charge on any atom is 0.167 e. The van der Waals surface area contributed by atoms with Crippen molar-refractivity contribution < 1.29 is 9.53 Å². The van der Waals surface area contributed by atoms with E-state index in [-0.39, 0.29) is 17.8 Å². The van der Waals surface area contributed by atoms with Crippen LogP contribution >= 0.6 is 0 Å². The van der Waals surface area contributed by atoms with E-state index in [9.17, 15) is 4.79 Å². The van der Waals surface area contributed by atoms with Gasteiger partial charge in [-0.25, -0.2) is 0 Å². The molecule has 0 N–H and O–H groups in total. The number of fused-ring (bicyclic) bond motifs is 1. The molecule has 0 spiro atoms. The molecular formula is C16H14N2O2. The SMILES string of the molecule is CCCCOc1ccc2c(c1)C(=C(C#N)C#N)CC2=O. The highest BCUT2D eigenvalue weighted by molar-refractivity contribution is 6.13. The molecule has 1 aromatic carbocycles. The van der Waals surface area contributed by atoms with E-state index in [0.717, 1.165) is 12.8 Å². The van der Waals surface area contributed by atoms with Crippen molar-refractivity contribution in [3.05, 3.63) is 34.9 Å². The Bertz CT molecular complexity index is 644. The van der Waals surface area contributed by atoms with Gasteiger partial charge in [-0.05, 0) is 35.8 Å². The second-order valence-electron chi connectivity index (χ2n) is 4.59. The first-order valence-electron chi connectivity index (χ1n) is 6.55. The van der Waals surface area contributed by atoms with Crippen molar-refractivity contribution in [2.45, 2.75) is 26.2 Å². The largest absolute Gasteiger partial charge is 0.494 e. The number of allylic oxidation sites excluding steroid dienone is 2. The standard InChI is InChI=1S/C16H14N2O2/c1-2-3-6-20-12-4-5-13-15(7-12)14(8-16(13)19)11(9-17)10-18/h4-5,7H,2-3,6,8H2,1H3. The van der Waals surface area contributed by atoms with Crippen LogP contribution in [0.1, 0.15) is 42.1 Å². The van der Waals surface area contributed by atoms with E-state index in [1.165, 1.54) is 0 Å². The Labute approximate surface area is 117 Å². The van der Waals surface area contributed by atoms with Crippen molar-refractivity contribution >= 4 is 11.4 Å². The number of ether oxygens (including phenoxy) is 1. The van der Waals surface area contributed by atoms with Gasteiger partial charge >= 0.3 is 0 Å². The third-order valence-electron chi connectivity index (χ3n) is 3.25. The first kappa shape index (κ1) is 13.8. The molecule has 1 aliphatic rings. The molecule has 0 saturated carbocycles. The fourth-order valence-electron chi connectivity index (χ4n) is 2.17. The summed E-state index contributed by atoms with van der Waals surface area (Å²) in [4.78, 5) is 11.9. The van der Waals surface area contributed by atoms with Gasteiger partial charge in [0.25, 0.3) is 0 Å². The fraction of sp³-hybridized carbons (Fsp3) is 0.312. The summed E-state index contributed by atoms with van der Waals surface area (Å²) in [5.41, 5.74) is 1.73. The van der Waals surface area contributed by atoms with Gasteiger partial charge in [-0.3, -0.25) is 4.79 Å². The van der Waals surface area contributed by atoms with Crippen LogP contribution in [0.25, 0.3) is 5.57 Å². The maximum atomic E-state index is 11.9. The molecular weight excluding hydrogens is 252 g/mol. The van der Waals surface area contributed by atoms with Crippen LogP contribution in [0.3, 0.4) is 0 Å². The summed E-state index contributed by atoms with van der Waals surface area (Å²) in [5, 5.41) is 17.9. The van der Waals surface area contributed by atoms with E-state index in [1.807, 2.05) is 12.1 Å². The van der Waals surface area contributed by atoms with E-state index < -0.39 is 0 Å². The Morgan fingerprint density at radius 2 is 2.05 bits per heavy atom. The maximum absolute atomic E-state index is 11.9. The number of rotatable bonds is 4. The lowest BCUT2D eigenvalue weighted by Gasteiger charge is -2.07. The van der Waals surface area contributed by atoms with Crippen molar-refractivity contribution in [2.75, 3.05) is 6.61 Å². The van der Waals surface area contributed by atoms with Crippen LogP contribution < -0.4 is 4.74 Å². The number of nitrogens with zero attached hydrogens (tertiary/aromatic N) is 2. The lowest BCUT2D eigenvalue weighted by atomic mass is 10.0. The van der Waals surface area contributed by atoms with Gasteiger partial charge in [0, 0.05) is 12.0 Å². The molecule has 0 aromatic heterocycles. The zero-order valence-electron chi connectivity index (χ0n) is 11.3. The minimum Gasteiger partial charge on any atom is -0.494 e. The zero-order valence-corrected chi connectivity index (χ0v) is 11.3. The van der Waals surface area contributed by atoms with Crippen LogP contribution in [0.4, 0.5) is 0 Å². The van der Waals surface area contributed by atoms with Gasteiger partial charge in [0.2, 0.25) is 0 Å². The van der Waals surface area contributed by atoms with Crippen molar-refractivity contribution in [3.8, 4) is 17.9 Å². The molecule has 0 amide bonds. The quantitative estimate of drug-likeness (QED) is 0.619. The third kappa shape index (κ3) is 2.55. The smallest absolute Gasteiger partial charge is 0.167 e.